The Balaban J connectivity index is 1.87. The minimum Gasteiger partial charge on any atom is -0.495 e. The van der Waals surface area contributed by atoms with Crippen molar-refractivity contribution in [3.8, 4) is 5.75 Å². The Kier molecular flexibility index (Phi) is 5.48. The van der Waals surface area contributed by atoms with E-state index in [0.717, 1.165) is 4.90 Å². The summed E-state index contributed by atoms with van der Waals surface area (Å²) in [6.45, 7) is 0. The lowest BCUT2D eigenvalue weighted by atomic mass is 10.0. The molecule has 1 aliphatic heterocycles. The average Bonchev–Trinajstić information content (AvgIpc) is 2.99. The number of carbonyl (C=O) groups excluding carboxylic acids is 2. The number of para-hydroxylation sites is 1. The summed E-state index contributed by atoms with van der Waals surface area (Å²) in [6, 6.07) is 20.7. The standard InChI is InChI=1S/C23H16Cl2N2O3/c1-30-19-12-11-15(24)13-17(19)26-21-20(14-7-3-2-4-8-14)22(28)27(23(21)29)18-10-6-5-9-16(18)25/h2-13,26H,1H3. The number of nitrogens with zero attached hydrogens (tertiary/aromatic N) is 1. The van der Waals surface area contributed by atoms with Crippen LogP contribution >= 0.6 is 23.2 Å². The molecule has 1 aliphatic rings. The predicted octanol–water partition coefficient (Wildman–Crippen LogP) is 5.40. The zero-order valence-electron chi connectivity index (χ0n) is 15.9. The molecule has 150 valence electrons. The predicted molar refractivity (Wildman–Crippen MR) is 119 cm³/mol. The Bertz CT molecular complexity index is 1180. The molecule has 5 nitrogen and oxygen atoms in total. The molecular formula is C23H16Cl2N2O3. The second-order valence-electron chi connectivity index (χ2n) is 6.48. The summed E-state index contributed by atoms with van der Waals surface area (Å²) in [5.41, 5.74) is 1.75. The summed E-state index contributed by atoms with van der Waals surface area (Å²) in [5.74, 6) is -0.507. The first kappa shape index (κ1) is 20.0. The second kappa shape index (κ2) is 8.22. The Hall–Kier alpha value is -3.28. The van der Waals surface area contributed by atoms with E-state index in [2.05, 4.69) is 5.32 Å². The van der Waals surface area contributed by atoms with Gasteiger partial charge in [0, 0.05) is 5.02 Å². The molecule has 1 N–H and O–H groups in total. The van der Waals surface area contributed by atoms with Gasteiger partial charge in [-0.25, -0.2) is 4.90 Å². The van der Waals surface area contributed by atoms with Gasteiger partial charge < -0.3 is 10.1 Å². The Labute approximate surface area is 183 Å². The quantitative estimate of drug-likeness (QED) is 0.541. The number of ether oxygens (including phenoxy) is 1. The van der Waals surface area contributed by atoms with E-state index >= 15 is 0 Å². The molecule has 30 heavy (non-hydrogen) atoms. The van der Waals surface area contributed by atoms with E-state index in [1.807, 2.05) is 6.07 Å². The van der Waals surface area contributed by atoms with Crippen LogP contribution in [0.15, 0.2) is 78.5 Å². The minimum absolute atomic E-state index is 0.117. The Morgan fingerprint density at radius 3 is 2.27 bits per heavy atom. The number of methoxy groups -OCH3 is 1. The third-order valence-corrected chi connectivity index (χ3v) is 5.22. The van der Waals surface area contributed by atoms with Crippen LogP contribution in [0.4, 0.5) is 11.4 Å². The maximum absolute atomic E-state index is 13.4. The van der Waals surface area contributed by atoms with Crippen LogP contribution in [0.25, 0.3) is 5.57 Å². The van der Waals surface area contributed by atoms with Crippen LogP contribution in [0.5, 0.6) is 5.75 Å². The molecule has 0 radical (unpaired) electrons. The summed E-state index contributed by atoms with van der Waals surface area (Å²) in [7, 11) is 1.51. The van der Waals surface area contributed by atoms with E-state index in [1.54, 1.807) is 66.7 Å². The molecule has 0 atom stereocenters. The van der Waals surface area contributed by atoms with Crippen LogP contribution in [0, 0.1) is 0 Å². The lowest BCUT2D eigenvalue weighted by Gasteiger charge is -2.17. The van der Waals surface area contributed by atoms with Gasteiger partial charge in [-0.2, -0.15) is 0 Å². The van der Waals surface area contributed by atoms with E-state index in [9.17, 15) is 9.59 Å². The van der Waals surface area contributed by atoms with Gasteiger partial charge in [-0.1, -0.05) is 65.7 Å². The molecule has 0 aromatic heterocycles. The third-order valence-electron chi connectivity index (χ3n) is 4.66. The summed E-state index contributed by atoms with van der Waals surface area (Å²) >= 11 is 12.4. The van der Waals surface area contributed by atoms with Crippen LogP contribution in [-0.4, -0.2) is 18.9 Å². The first-order valence-electron chi connectivity index (χ1n) is 9.05. The van der Waals surface area contributed by atoms with Crippen molar-refractivity contribution in [3.63, 3.8) is 0 Å². The van der Waals surface area contributed by atoms with Gasteiger partial charge in [0.2, 0.25) is 0 Å². The molecule has 0 saturated heterocycles. The number of hydrogen-bond donors (Lipinski definition) is 1. The van der Waals surface area contributed by atoms with Crippen molar-refractivity contribution in [1.29, 1.82) is 0 Å². The Morgan fingerprint density at radius 2 is 1.57 bits per heavy atom. The van der Waals surface area contributed by atoms with Crippen LogP contribution in [0.1, 0.15) is 5.56 Å². The topological polar surface area (TPSA) is 58.6 Å². The Morgan fingerprint density at radius 1 is 0.867 bits per heavy atom. The van der Waals surface area contributed by atoms with Crippen molar-refractivity contribution in [3.05, 3.63) is 94.1 Å². The summed E-state index contributed by atoms with van der Waals surface area (Å²) in [5, 5.41) is 3.82. The van der Waals surface area contributed by atoms with Gasteiger partial charge >= 0.3 is 0 Å². The van der Waals surface area contributed by atoms with Crippen molar-refractivity contribution >= 4 is 52.0 Å². The number of anilines is 2. The van der Waals surface area contributed by atoms with Crippen LogP contribution < -0.4 is 15.0 Å². The normalized spacial score (nSPS) is 13.8. The monoisotopic (exact) mass is 438 g/mol. The molecule has 3 aromatic carbocycles. The van der Waals surface area contributed by atoms with Gasteiger partial charge in [0.05, 0.1) is 29.1 Å². The van der Waals surface area contributed by atoms with Crippen LogP contribution in [0.2, 0.25) is 10.0 Å². The van der Waals surface area contributed by atoms with Crippen molar-refractivity contribution in [2.45, 2.75) is 0 Å². The van der Waals surface area contributed by atoms with E-state index in [1.165, 1.54) is 7.11 Å². The summed E-state index contributed by atoms with van der Waals surface area (Å²) in [6.07, 6.45) is 0. The second-order valence-corrected chi connectivity index (χ2v) is 7.33. The molecule has 0 unspecified atom stereocenters. The van der Waals surface area contributed by atoms with Gasteiger partial charge in [0.15, 0.2) is 0 Å². The molecule has 4 rings (SSSR count). The highest BCUT2D eigenvalue weighted by Gasteiger charge is 2.41. The molecule has 0 bridgehead atoms. The molecule has 0 spiro atoms. The number of nitrogens with one attached hydrogen (secondary N) is 1. The number of halogens is 2. The highest BCUT2D eigenvalue weighted by Crippen LogP contribution is 2.38. The van der Waals surface area contributed by atoms with Gasteiger partial charge in [0.1, 0.15) is 11.4 Å². The number of carbonyl (C=O) groups is 2. The third kappa shape index (κ3) is 3.54. The van der Waals surface area contributed by atoms with Gasteiger partial charge in [0.25, 0.3) is 11.8 Å². The van der Waals surface area contributed by atoms with Crippen molar-refractivity contribution in [2.75, 3.05) is 17.3 Å². The molecule has 0 fully saturated rings. The molecule has 0 saturated carbocycles. The number of benzene rings is 3. The van der Waals surface area contributed by atoms with E-state index < -0.39 is 11.8 Å². The molecule has 2 amide bonds. The first-order valence-corrected chi connectivity index (χ1v) is 9.80. The number of rotatable bonds is 5. The molecule has 7 heteroatoms. The average molecular weight is 439 g/mol. The lowest BCUT2D eigenvalue weighted by molar-refractivity contribution is -0.120. The minimum atomic E-state index is -0.519. The van der Waals surface area contributed by atoms with E-state index in [4.69, 9.17) is 27.9 Å². The van der Waals surface area contributed by atoms with Crippen LogP contribution in [-0.2, 0) is 9.59 Å². The molecule has 0 aliphatic carbocycles. The maximum atomic E-state index is 13.4. The van der Waals surface area contributed by atoms with Crippen molar-refractivity contribution in [1.82, 2.24) is 0 Å². The van der Waals surface area contributed by atoms with Crippen molar-refractivity contribution < 1.29 is 14.3 Å². The smallest absolute Gasteiger partial charge is 0.282 e. The van der Waals surface area contributed by atoms with E-state index in [0.29, 0.717) is 32.7 Å². The molecule has 3 aromatic rings. The summed E-state index contributed by atoms with van der Waals surface area (Å²) < 4.78 is 5.37. The molecule has 1 heterocycles. The van der Waals surface area contributed by atoms with Gasteiger partial charge in [-0.3, -0.25) is 9.59 Å². The van der Waals surface area contributed by atoms with Crippen molar-refractivity contribution in [2.24, 2.45) is 0 Å². The first-order chi connectivity index (χ1) is 14.5. The number of amides is 2. The van der Waals surface area contributed by atoms with Crippen LogP contribution in [0.3, 0.4) is 0 Å². The lowest BCUT2D eigenvalue weighted by Crippen LogP contribution is -2.32. The zero-order valence-corrected chi connectivity index (χ0v) is 17.4. The SMILES string of the molecule is COc1ccc(Cl)cc1NC1=C(c2ccccc2)C(=O)N(c2ccccc2Cl)C1=O. The maximum Gasteiger partial charge on any atom is 0.282 e. The highest BCUT2D eigenvalue weighted by atomic mass is 35.5. The summed E-state index contributed by atoms with van der Waals surface area (Å²) in [4.78, 5) is 27.8. The molecular weight excluding hydrogens is 423 g/mol. The number of hydrogen-bond acceptors (Lipinski definition) is 4. The van der Waals surface area contributed by atoms with E-state index in [-0.39, 0.29) is 11.3 Å². The largest absolute Gasteiger partial charge is 0.495 e. The fourth-order valence-corrected chi connectivity index (χ4v) is 3.68. The van der Waals surface area contributed by atoms with Gasteiger partial charge in [-0.05, 0) is 35.9 Å². The fraction of sp³-hybridized carbons (Fsp3) is 0.0435. The zero-order chi connectivity index (χ0) is 21.3. The van der Waals surface area contributed by atoms with Gasteiger partial charge in [-0.15, -0.1) is 0 Å². The number of imide groups is 1. The fourth-order valence-electron chi connectivity index (χ4n) is 3.28. The highest BCUT2D eigenvalue weighted by molar-refractivity contribution is 6.48.